The van der Waals surface area contributed by atoms with Gasteiger partial charge in [-0.2, -0.15) is 0 Å². The van der Waals surface area contributed by atoms with Gasteiger partial charge in [0, 0.05) is 35.4 Å². The summed E-state index contributed by atoms with van der Waals surface area (Å²) >= 11 is 1.69. The van der Waals surface area contributed by atoms with Gasteiger partial charge in [0.05, 0.1) is 10.2 Å². The van der Waals surface area contributed by atoms with E-state index in [9.17, 15) is 0 Å². The van der Waals surface area contributed by atoms with E-state index in [-0.39, 0.29) is 6.04 Å². The molecule has 5 nitrogen and oxygen atoms in total. The molecule has 0 amide bonds. The quantitative estimate of drug-likeness (QED) is 0.558. The van der Waals surface area contributed by atoms with Crippen LogP contribution < -0.4 is 11.1 Å². The number of nitrogens with one attached hydrogen (secondary N) is 1. The molecule has 0 saturated carbocycles. The zero-order chi connectivity index (χ0) is 17.9. The molecule has 1 aromatic carbocycles. The van der Waals surface area contributed by atoms with Gasteiger partial charge in [-0.05, 0) is 30.7 Å². The molecule has 3 N–H and O–H groups in total. The van der Waals surface area contributed by atoms with Crippen LogP contribution in [0.15, 0.2) is 60.9 Å². The lowest BCUT2D eigenvalue weighted by molar-refractivity contribution is 0.778. The lowest BCUT2D eigenvalue weighted by Gasteiger charge is -2.10. The molecule has 0 fully saturated rings. The molecule has 0 aliphatic carbocycles. The third-order valence-corrected chi connectivity index (χ3v) is 5.14. The number of nitrogens with zero attached hydrogens (tertiary/aromatic N) is 3. The topological polar surface area (TPSA) is 76.7 Å². The summed E-state index contributed by atoms with van der Waals surface area (Å²) < 4.78 is 1.04. The highest BCUT2D eigenvalue weighted by Crippen LogP contribution is 2.37. The van der Waals surface area contributed by atoms with E-state index in [4.69, 9.17) is 15.7 Å². The Bertz CT molecular complexity index is 1010. The largest absolute Gasteiger partial charge is 0.367 e. The van der Waals surface area contributed by atoms with Crippen LogP contribution in [0.5, 0.6) is 0 Å². The number of rotatable bonds is 5. The summed E-state index contributed by atoms with van der Waals surface area (Å²) in [6.07, 6.45) is 3.50. The predicted molar refractivity (Wildman–Crippen MR) is 108 cm³/mol. The smallest absolute Gasteiger partial charge is 0.162 e. The summed E-state index contributed by atoms with van der Waals surface area (Å²) in [6.45, 7) is 2.62. The summed E-state index contributed by atoms with van der Waals surface area (Å²) in [7, 11) is 0. The van der Waals surface area contributed by atoms with Crippen LogP contribution in [0.2, 0.25) is 0 Å². The normalized spacial score (nSPS) is 12.2. The molecule has 3 heterocycles. The molecule has 26 heavy (non-hydrogen) atoms. The van der Waals surface area contributed by atoms with Gasteiger partial charge < -0.3 is 11.1 Å². The Hall–Kier alpha value is -2.83. The number of hydrogen-bond donors (Lipinski definition) is 2. The van der Waals surface area contributed by atoms with Crippen molar-refractivity contribution in [3.8, 4) is 21.8 Å². The number of nitrogens with two attached hydrogens (primary N) is 1. The highest BCUT2D eigenvalue weighted by atomic mass is 32.1. The van der Waals surface area contributed by atoms with Crippen molar-refractivity contribution in [2.24, 2.45) is 5.73 Å². The minimum atomic E-state index is 0.0398. The van der Waals surface area contributed by atoms with Crippen molar-refractivity contribution < 1.29 is 0 Å². The van der Waals surface area contributed by atoms with Gasteiger partial charge >= 0.3 is 0 Å². The fourth-order valence-electron chi connectivity index (χ4n) is 2.68. The molecule has 0 radical (unpaired) electrons. The molecule has 4 rings (SSSR count). The number of anilines is 1. The molecule has 0 aliphatic heterocycles. The first-order valence-corrected chi connectivity index (χ1v) is 9.29. The van der Waals surface area contributed by atoms with E-state index in [1.165, 1.54) is 10.4 Å². The lowest BCUT2D eigenvalue weighted by atomic mass is 10.2. The molecule has 3 aromatic heterocycles. The van der Waals surface area contributed by atoms with Crippen LogP contribution in [0.4, 0.5) is 5.82 Å². The van der Waals surface area contributed by atoms with Crippen molar-refractivity contribution in [3.05, 3.63) is 60.9 Å². The van der Waals surface area contributed by atoms with Gasteiger partial charge in [0.25, 0.3) is 0 Å². The Balaban J connectivity index is 1.85. The zero-order valence-corrected chi connectivity index (χ0v) is 15.2. The Morgan fingerprint density at radius 1 is 1.04 bits per heavy atom. The minimum Gasteiger partial charge on any atom is -0.367 e. The predicted octanol–water partition coefficient (Wildman–Crippen LogP) is 4.18. The summed E-state index contributed by atoms with van der Waals surface area (Å²) in [4.78, 5) is 14.8. The first-order chi connectivity index (χ1) is 12.7. The zero-order valence-electron chi connectivity index (χ0n) is 14.4. The monoisotopic (exact) mass is 361 g/mol. The van der Waals surface area contributed by atoms with Crippen LogP contribution in [0, 0.1) is 0 Å². The van der Waals surface area contributed by atoms with Gasteiger partial charge in [-0.25, -0.2) is 9.97 Å². The highest BCUT2D eigenvalue weighted by Gasteiger charge is 2.14. The highest BCUT2D eigenvalue weighted by molar-refractivity contribution is 7.22. The fourth-order valence-corrected chi connectivity index (χ4v) is 3.75. The maximum Gasteiger partial charge on any atom is 0.162 e. The van der Waals surface area contributed by atoms with Crippen molar-refractivity contribution in [3.63, 3.8) is 0 Å². The van der Waals surface area contributed by atoms with Crippen molar-refractivity contribution in [2.45, 2.75) is 13.0 Å². The minimum absolute atomic E-state index is 0.0398. The molecule has 0 bridgehead atoms. The van der Waals surface area contributed by atoms with E-state index < -0.39 is 0 Å². The van der Waals surface area contributed by atoms with Crippen LogP contribution in [0.25, 0.3) is 32.0 Å². The van der Waals surface area contributed by atoms with Crippen LogP contribution >= 0.6 is 11.3 Å². The molecule has 0 spiro atoms. The summed E-state index contributed by atoms with van der Waals surface area (Å²) in [5.74, 6) is 1.51. The SMILES string of the molecule is CC(N)CNc1nc(-c2ccncc2)nc2cc(-c3ccccc3)sc12. The molecular weight excluding hydrogens is 342 g/mol. The van der Waals surface area contributed by atoms with Gasteiger partial charge in [0.15, 0.2) is 5.82 Å². The standard InChI is InChI=1S/C20H19N5S/c1-13(21)12-23-20-18-16(11-17(26-18)14-5-3-2-4-6-14)24-19(25-20)15-7-9-22-10-8-15/h2-11,13H,12,21H2,1H3,(H,23,24,25). The first-order valence-electron chi connectivity index (χ1n) is 8.47. The average Bonchev–Trinajstić information content (AvgIpc) is 3.12. The molecular formula is C20H19N5S. The number of pyridine rings is 1. The molecule has 0 saturated heterocycles. The van der Waals surface area contributed by atoms with Gasteiger partial charge in [-0.15, -0.1) is 11.3 Å². The van der Waals surface area contributed by atoms with Crippen LogP contribution in [0.3, 0.4) is 0 Å². The Morgan fingerprint density at radius 2 is 1.81 bits per heavy atom. The van der Waals surface area contributed by atoms with E-state index in [0.29, 0.717) is 12.4 Å². The second-order valence-corrected chi connectivity index (χ2v) is 7.23. The van der Waals surface area contributed by atoms with Gasteiger partial charge in [-0.1, -0.05) is 30.3 Å². The van der Waals surface area contributed by atoms with Gasteiger partial charge in [0.1, 0.15) is 5.82 Å². The second kappa shape index (κ2) is 7.19. The van der Waals surface area contributed by atoms with E-state index in [0.717, 1.165) is 21.6 Å². The van der Waals surface area contributed by atoms with E-state index in [1.54, 1.807) is 23.7 Å². The Labute approximate surface area is 156 Å². The third kappa shape index (κ3) is 3.42. The molecule has 0 aliphatic rings. The average molecular weight is 361 g/mol. The van der Waals surface area contributed by atoms with Crippen molar-refractivity contribution >= 4 is 27.4 Å². The van der Waals surface area contributed by atoms with Gasteiger partial charge in [-0.3, -0.25) is 4.98 Å². The molecule has 130 valence electrons. The van der Waals surface area contributed by atoms with Crippen molar-refractivity contribution in [1.82, 2.24) is 15.0 Å². The number of thiophene rings is 1. The third-order valence-electron chi connectivity index (χ3n) is 3.96. The van der Waals surface area contributed by atoms with Crippen LogP contribution in [0.1, 0.15) is 6.92 Å². The molecule has 1 unspecified atom stereocenters. The van der Waals surface area contributed by atoms with E-state index in [1.807, 2.05) is 37.3 Å². The maximum atomic E-state index is 5.92. The van der Waals surface area contributed by atoms with Crippen molar-refractivity contribution in [1.29, 1.82) is 0 Å². The van der Waals surface area contributed by atoms with E-state index >= 15 is 0 Å². The summed E-state index contributed by atoms with van der Waals surface area (Å²) in [5.41, 5.74) is 8.97. The van der Waals surface area contributed by atoms with Crippen LogP contribution in [-0.2, 0) is 0 Å². The maximum absolute atomic E-state index is 5.92. The van der Waals surface area contributed by atoms with Gasteiger partial charge in [0.2, 0.25) is 0 Å². The molecule has 6 heteroatoms. The number of fused-ring (bicyclic) bond motifs is 1. The molecule has 4 aromatic rings. The Morgan fingerprint density at radius 3 is 2.54 bits per heavy atom. The van der Waals surface area contributed by atoms with Crippen LogP contribution in [-0.4, -0.2) is 27.5 Å². The number of hydrogen-bond acceptors (Lipinski definition) is 6. The van der Waals surface area contributed by atoms with Crippen molar-refractivity contribution in [2.75, 3.05) is 11.9 Å². The Kier molecular flexibility index (Phi) is 4.60. The molecule has 1 atom stereocenters. The number of aromatic nitrogens is 3. The summed E-state index contributed by atoms with van der Waals surface area (Å²) in [5, 5.41) is 3.38. The lowest BCUT2D eigenvalue weighted by Crippen LogP contribution is -2.25. The first kappa shape index (κ1) is 16.6. The second-order valence-electron chi connectivity index (χ2n) is 6.18. The number of benzene rings is 1. The fraction of sp³-hybridized carbons (Fsp3) is 0.150. The van der Waals surface area contributed by atoms with E-state index in [2.05, 4.69) is 28.5 Å². The summed E-state index contributed by atoms with van der Waals surface area (Å²) in [6, 6.07) is 16.3.